The van der Waals surface area contributed by atoms with E-state index in [9.17, 15) is 8.78 Å². The summed E-state index contributed by atoms with van der Waals surface area (Å²) < 4.78 is 26.1. The fourth-order valence-corrected chi connectivity index (χ4v) is 1.99. The second kappa shape index (κ2) is 5.00. The molecule has 0 saturated heterocycles. The van der Waals surface area contributed by atoms with Gasteiger partial charge < -0.3 is 11.1 Å². The summed E-state index contributed by atoms with van der Waals surface area (Å²) in [7, 11) is 0. The van der Waals surface area contributed by atoms with Crippen LogP contribution in [-0.2, 0) is 0 Å². The fraction of sp³-hybridized carbons (Fsp3) is 0. The average molecular weight is 289 g/mol. The lowest BCUT2D eigenvalue weighted by Crippen LogP contribution is -1.98. The van der Waals surface area contributed by atoms with Crippen LogP contribution in [0.3, 0.4) is 0 Å². The molecule has 0 fully saturated rings. The van der Waals surface area contributed by atoms with Crippen LogP contribution in [0.25, 0.3) is 0 Å². The van der Waals surface area contributed by atoms with Gasteiger partial charge in [-0.2, -0.15) is 0 Å². The van der Waals surface area contributed by atoms with Crippen LogP contribution < -0.4 is 11.1 Å². The van der Waals surface area contributed by atoms with Crippen LogP contribution >= 0.6 is 23.2 Å². The number of nitrogens with two attached hydrogens (primary N) is 1. The average Bonchev–Trinajstić information content (AvgIpc) is 2.28. The largest absolute Gasteiger partial charge is 0.397 e. The van der Waals surface area contributed by atoms with Crippen LogP contribution in [0.4, 0.5) is 25.8 Å². The van der Waals surface area contributed by atoms with E-state index in [2.05, 4.69) is 5.32 Å². The Hall–Kier alpha value is -1.52. The van der Waals surface area contributed by atoms with Crippen molar-refractivity contribution in [3.8, 4) is 0 Å². The lowest BCUT2D eigenvalue weighted by Gasteiger charge is -2.12. The van der Waals surface area contributed by atoms with Crippen molar-refractivity contribution in [2.24, 2.45) is 0 Å². The summed E-state index contributed by atoms with van der Waals surface area (Å²) in [6, 6.07) is 6.04. The van der Waals surface area contributed by atoms with Gasteiger partial charge in [0.05, 0.1) is 27.1 Å². The summed E-state index contributed by atoms with van der Waals surface area (Å²) in [4.78, 5) is 0. The predicted molar refractivity (Wildman–Crippen MR) is 70.5 cm³/mol. The monoisotopic (exact) mass is 288 g/mol. The Kier molecular flexibility index (Phi) is 3.59. The molecule has 0 aromatic heterocycles. The summed E-state index contributed by atoms with van der Waals surface area (Å²) in [5, 5.41) is 2.95. The topological polar surface area (TPSA) is 38.0 Å². The molecule has 0 aliphatic heterocycles. The summed E-state index contributed by atoms with van der Waals surface area (Å²) >= 11 is 11.7. The minimum Gasteiger partial charge on any atom is -0.397 e. The van der Waals surface area contributed by atoms with Crippen LogP contribution in [0.15, 0.2) is 30.3 Å². The second-order valence-corrected chi connectivity index (χ2v) is 4.42. The Labute approximate surface area is 112 Å². The molecule has 0 aliphatic rings. The van der Waals surface area contributed by atoms with E-state index in [0.29, 0.717) is 11.4 Å². The highest BCUT2D eigenvalue weighted by atomic mass is 35.5. The Morgan fingerprint density at radius 1 is 0.944 bits per heavy atom. The quantitative estimate of drug-likeness (QED) is 0.793. The highest BCUT2D eigenvalue weighted by molar-refractivity contribution is 6.39. The van der Waals surface area contributed by atoms with E-state index in [4.69, 9.17) is 28.9 Å². The molecule has 2 nitrogen and oxygen atoms in total. The molecule has 2 aromatic carbocycles. The Morgan fingerprint density at radius 3 is 2.17 bits per heavy atom. The van der Waals surface area contributed by atoms with Crippen molar-refractivity contribution in [3.63, 3.8) is 0 Å². The van der Waals surface area contributed by atoms with E-state index in [-0.39, 0.29) is 15.7 Å². The van der Waals surface area contributed by atoms with Crippen LogP contribution in [0.2, 0.25) is 10.0 Å². The van der Waals surface area contributed by atoms with Gasteiger partial charge in [-0.3, -0.25) is 0 Å². The van der Waals surface area contributed by atoms with Gasteiger partial charge in [-0.05, 0) is 30.3 Å². The maximum atomic E-state index is 13.1. The lowest BCUT2D eigenvalue weighted by molar-refractivity contribution is 0.627. The van der Waals surface area contributed by atoms with E-state index >= 15 is 0 Å². The van der Waals surface area contributed by atoms with E-state index in [0.717, 1.165) is 12.1 Å². The molecule has 0 atom stereocenters. The van der Waals surface area contributed by atoms with Crippen LogP contribution in [0.1, 0.15) is 0 Å². The number of hydrogen-bond acceptors (Lipinski definition) is 2. The molecule has 0 radical (unpaired) electrons. The molecule has 3 N–H and O–H groups in total. The first-order valence-electron chi connectivity index (χ1n) is 4.94. The van der Waals surface area contributed by atoms with Crippen molar-refractivity contribution in [1.82, 2.24) is 0 Å². The third-order valence-electron chi connectivity index (χ3n) is 2.28. The van der Waals surface area contributed by atoms with Crippen LogP contribution in [-0.4, -0.2) is 0 Å². The Bertz CT molecular complexity index is 580. The molecule has 0 bridgehead atoms. The summed E-state index contributed by atoms with van der Waals surface area (Å²) in [6.07, 6.45) is 0. The van der Waals surface area contributed by atoms with Crippen molar-refractivity contribution < 1.29 is 8.78 Å². The summed E-state index contributed by atoms with van der Waals surface area (Å²) in [5.74, 6) is -1.01. The Balaban J connectivity index is 2.43. The van der Waals surface area contributed by atoms with E-state index in [1.165, 1.54) is 18.2 Å². The third-order valence-corrected chi connectivity index (χ3v) is 2.88. The number of anilines is 3. The zero-order valence-corrected chi connectivity index (χ0v) is 10.5. The predicted octanol–water partition coefficient (Wildman–Crippen LogP) is 4.60. The molecule has 6 heteroatoms. The minimum atomic E-state index is -0.553. The number of rotatable bonds is 2. The molecule has 0 spiro atoms. The van der Waals surface area contributed by atoms with E-state index < -0.39 is 11.6 Å². The van der Waals surface area contributed by atoms with Gasteiger partial charge in [-0.1, -0.05) is 23.2 Å². The zero-order chi connectivity index (χ0) is 13.3. The molecular weight excluding hydrogens is 281 g/mol. The molecule has 18 heavy (non-hydrogen) atoms. The SMILES string of the molecule is Nc1ccc(F)cc1Nc1c(Cl)cc(F)cc1Cl. The van der Waals surface area contributed by atoms with Gasteiger partial charge in [0.2, 0.25) is 0 Å². The molecular formula is C12H8Cl2F2N2. The number of halogens is 4. The first-order valence-corrected chi connectivity index (χ1v) is 5.69. The number of hydrogen-bond donors (Lipinski definition) is 2. The van der Waals surface area contributed by atoms with Gasteiger partial charge in [0, 0.05) is 0 Å². The van der Waals surface area contributed by atoms with Crippen molar-refractivity contribution in [1.29, 1.82) is 0 Å². The van der Waals surface area contributed by atoms with Crippen molar-refractivity contribution >= 4 is 40.3 Å². The number of benzene rings is 2. The van der Waals surface area contributed by atoms with Crippen LogP contribution in [0, 0.1) is 11.6 Å². The smallest absolute Gasteiger partial charge is 0.126 e. The van der Waals surface area contributed by atoms with E-state index in [1.807, 2.05) is 0 Å². The van der Waals surface area contributed by atoms with Crippen LogP contribution in [0.5, 0.6) is 0 Å². The lowest BCUT2D eigenvalue weighted by atomic mass is 10.2. The first-order chi connectivity index (χ1) is 8.47. The molecule has 2 aromatic rings. The summed E-state index contributed by atoms with van der Waals surface area (Å²) in [5.41, 5.74) is 6.59. The second-order valence-electron chi connectivity index (χ2n) is 3.60. The van der Waals surface area contributed by atoms with Gasteiger partial charge in [-0.15, -0.1) is 0 Å². The van der Waals surface area contributed by atoms with Gasteiger partial charge in [0.25, 0.3) is 0 Å². The molecule has 0 unspecified atom stereocenters. The standard InChI is InChI=1S/C12H8Cl2F2N2/c13-8-3-7(16)4-9(14)12(8)18-11-5-6(15)1-2-10(11)17/h1-5,18H,17H2. The molecule has 0 heterocycles. The minimum absolute atomic E-state index is 0.0867. The van der Waals surface area contributed by atoms with Crippen molar-refractivity contribution in [2.45, 2.75) is 0 Å². The van der Waals surface area contributed by atoms with Gasteiger partial charge in [0.15, 0.2) is 0 Å². The highest BCUT2D eigenvalue weighted by Crippen LogP contribution is 2.35. The van der Waals surface area contributed by atoms with Gasteiger partial charge >= 0.3 is 0 Å². The molecule has 0 aliphatic carbocycles. The van der Waals surface area contributed by atoms with Crippen molar-refractivity contribution in [2.75, 3.05) is 11.1 Å². The van der Waals surface area contributed by atoms with Gasteiger partial charge in [-0.25, -0.2) is 8.78 Å². The van der Waals surface area contributed by atoms with E-state index in [1.54, 1.807) is 0 Å². The molecule has 94 valence electrons. The molecule has 2 rings (SSSR count). The molecule has 0 amide bonds. The number of nitrogen functional groups attached to an aromatic ring is 1. The maximum absolute atomic E-state index is 13.1. The first kappa shape index (κ1) is 12.9. The van der Waals surface area contributed by atoms with Crippen molar-refractivity contribution in [3.05, 3.63) is 52.0 Å². The fourth-order valence-electron chi connectivity index (χ4n) is 1.43. The molecule has 0 saturated carbocycles. The normalized spacial score (nSPS) is 10.4. The Morgan fingerprint density at radius 2 is 1.56 bits per heavy atom. The highest BCUT2D eigenvalue weighted by Gasteiger charge is 2.10. The van der Waals surface area contributed by atoms with Gasteiger partial charge in [0.1, 0.15) is 11.6 Å². The number of nitrogens with one attached hydrogen (secondary N) is 1. The summed E-state index contributed by atoms with van der Waals surface area (Å²) in [6.45, 7) is 0. The maximum Gasteiger partial charge on any atom is 0.126 e. The zero-order valence-electron chi connectivity index (χ0n) is 8.98. The third kappa shape index (κ3) is 2.66.